The third-order valence-electron chi connectivity index (χ3n) is 3.01. The van der Waals surface area contributed by atoms with Crippen LogP contribution in [-0.2, 0) is 28.9 Å². The second-order valence-corrected chi connectivity index (χ2v) is 6.08. The summed E-state index contributed by atoms with van der Waals surface area (Å²) in [6.07, 6.45) is 0. The molecule has 2 aromatic rings. The maximum absolute atomic E-state index is 12.1. The van der Waals surface area contributed by atoms with Gasteiger partial charge in [0.15, 0.2) is 0 Å². The van der Waals surface area contributed by atoms with Gasteiger partial charge in [0.1, 0.15) is 0 Å². The Labute approximate surface area is 124 Å². The van der Waals surface area contributed by atoms with Crippen molar-refractivity contribution in [2.45, 2.75) is 18.1 Å². The molecule has 6 heteroatoms. The molecule has 0 radical (unpaired) electrons. The maximum atomic E-state index is 12.1. The van der Waals surface area contributed by atoms with Gasteiger partial charge in [-0.1, -0.05) is 36.4 Å². The Kier molecular flexibility index (Phi) is 5.19. The van der Waals surface area contributed by atoms with Crippen molar-refractivity contribution in [2.75, 3.05) is 0 Å². The number of aliphatic hydroxyl groups is 1. The highest BCUT2D eigenvalue weighted by molar-refractivity contribution is 7.83. The van der Waals surface area contributed by atoms with Crippen LogP contribution >= 0.6 is 0 Å². The van der Waals surface area contributed by atoms with E-state index in [4.69, 9.17) is 5.11 Å². The summed E-state index contributed by atoms with van der Waals surface area (Å²) in [7, 11) is -1.08. The van der Waals surface area contributed by atoms with Crippen molar-refractivity contribution < 1.29 is 14.2 Å². The van der Waals surface area contributed by atoms with Gasteiger partial charge in [-0.05, 0) is 16.7 Å². The molecule has 0 aliphatic heterocycles. The summed E-state index contributed by atoms with van der Waals surface area (Å²) in [6.45, 7) is -0.00777. The van der Waals surface area contributed by atoms with Crippen LogP contribution in [0.25, 0.3) is 0 Å². The average molecular weight is 305 g/mol. The van der Waals surface area contributed by atoms with Crippen molar-refractivity contribution in [3.8, 4) is 0 Å². The number of non-ortho nitro benzene ring substituents is 1. The molecule has 1 unspecified atom stereocenters. The molecule has 21 heavy (non-hydrogen) atoms. The molecule has 0 spiro atoms. The summed E-state index contributed by atoms with van der Waals surface area (Å²) in [5.41, 5.74) is 2.60. The first-order valence-corrected chi connectivity index (χ1v) is 7.84. The number of nitro benzene ring substituents is 1. The first-order chi connectivity index (χ1) is 10.1. The predicted octanol–water partition coefficient (Wildman–Crippen LogP) is 2.54. The highest BCUT2D eigenvalue weighted by Gasteiger charge is 2.07. The molecule has 110 valence electrons. The fourth-order valence-electron chi connectivity index (χ4n) is 1.88. The first-order valence-electron chi connectivity index (χ1n) is 6.35. The van der Waals surface area contributed by atoms with Crippen molar-refractivity contribution in [2.24, 2.45) is 0 Å². The average Bonchev–Trinajstić information content (AvgIpc) is 2.48. The molecule has 5 nitrogen and oxygen atoms in total. The number of hydrogen-bond acceptors (Lipinski definition) is 4. The maximum Gasteiger partial charge on any atom is 0.269 e. The SMILES string of the molecule is O=[N+]([O-])c1ccc(CS(=O)Cc2ccc(CO)cc2)cc1. The number of nitro groups is 1. The Morgan fingerprint density at radius 2 is 1.33 bits per heavy atom. The van der Waals surface area contributed by atoms with Crippen LogP contribution in [0.2, 0.25) is 0 Å². The lowest BCUT2D eigenvalue weighted by Crippen LogP contribution is -2.00. The van der Waals surface area contributed by atoms with Gasteiger partial charge < -0.3 is 5.11 Å². The van der Waals surface area contributed by atoms with E-state index in [0.29, 0.717) is 11.5 Å². The minimum Gasteiger partial charge on any atom is -0.392 e. The van der Waals surface area contributed by atoms with E-state index in [2.05, 4.69) is 0 Å². The Balaban J connectivity index is 1.95. The van der Waals surface area contributed by atoms with Crippen molar-refractivity contribution >= 4 is 16.5 Å². The van der Waals surface area contributed by atoms with E-state index < -0.39 is 15.7 Å². The fraction of sp³-hybridized carbons (Fsp3) is 0.200. The zero-order valence-electron chi connectivity index (χ0n) is 11.3. The third kappa shape index (κ3) is 4.47. The molecule has 0 aliphatic rings. The van der Waals surface area contributed by atoms with Crippen LogP contribution in [0.4, 0.5) is 5.69 Å². The predicted molar refractivity (Wildman–Crippen MR) is 81.0 cm³/mol. The van der Waals surface area contributed by atoms with Crippen molar-refractivity contribution in [1.29, 1.82) is 0 Å². The van der Waals surface area contributed by atoms with Crippen LogP contribution in [0, 0.1) is 10.1 Å². The first kappa shape index (κ1) is 15.3. The zero-order valence-corrected chi connectivity index (χ0v) is 12.1. The van der Waals surface area contributed by atoms with E-state index in [9.17, 15) is 14.3 Å². The highest BCUT2D eigenvalue weighted by atomic mass is 32.2. The van der Waals surface area contributed by atoms with Crippen molar-refractivity contribution in [3.63, 3.8) is 0 Å². The highest BCUT2D eigenvalue weighted by Crippen LogP contribution is 2.15. The van der Waals surface area contributed by atoms with Crippen LogP contribution in [0.5, 0.6) is 0 Å². The van der Waals surface area contributed by atoms with Gasteiger partial charge in [-0.3, -0.25) is 14.3 Å². The van der Waals surface area contributed by atoms with E-state index in [1.54, 1.807) is 24.3 Å². The van der Waals surface area contributed by atoms with E-state index in [-0.39, 0.29) is 12.3 Å². The monoisotopic (exact) mass is 305 g/mol. The Morgan fingerprint density at radius 1 is 0.905 bits per heavy atom. The van der Waals surface area contributed by atoms with E-state index in [1.807, 2.05) is 12.1 Å². The third-order valence-corrected chi connectivity index (χ3v) is 4.32. The normalized spacial score (nSPS) is 12.0. The molecule has 0 aromatic heterocycles. The molecule has 1 N–H and O–H groups in total. The van der Waals surface area contributed by atoms with Crippen LogP contribution in [0.3, 0.4) is 0 Å². The van der Waals surface area contributed by atoms with Crippen LogP contribution in [0.1, 0.15) is 16.7 Å². The zero-order chi connectivity index (χ0) is 15.2. The molecule has 0 saturated carbocycles. The standard InChI is InChI=1S/C15H15NO4S/c17-9-12-1-3-13(4-2-12)10-21(20)11-14-5-7-15(8-6-14)16(18)19/h1-8,17H,9-11H2. The van der Waals surface area contributed by atoms with Gasteiger partial charge in [0, 0.05) is 34.4 Å². The topological polar surface area (TPSA) is 80.4 Å². The molecule has 0 saturated heterocycles. The van der Waals surface area contributed by atoms with E-state index >= 15 is 0 Å². The molecule has 2 aromatic carbocycles. The van der Waals surface area contributed by atoms with Gasteiger partial charge in [-0.2, -0.15) is 0 Å². The smallest absolute Gasteiger partial charge is 0.269 e. The largest absolute Gasteiger partial charge is 0.392 e. The number of rotatable bonds is 6. The van der Waals surface area contributed by atoms with Gasteiger partial charge in [-0.25, -0.2) is 0 Å². The Morgan fingerprint density at radius 3 is 1.76 bits per heavy atom. The molecule has 0 fully saturated rings. The van der Waals surface area contributed by atoms with Crippen LogP contribution < -0.4 is 0 Å². The molecular formula is C15H15NO4S. The molecule has 1 atom stereocenters. The lowest BCUT2D eigenvalue weighted by atomic mass is 10.2. The summed E-state index contributed by atoms with van der Waals surface area (Å²) in [6, 6.07) is 13.4. The summed E-state index contributed by atoms with van der Waals surface area (Å²) in [4.78, 5) is 10.1. The number of hydrogen-bond donors (Lipinski definition) is 1. The fourth-order valence-corrected chi connectivity index (χ4v) is 3.11. The summed E-state index contributed by atoms with van der Waals surface area (Å²) < 4.78 is 12.1. The molecule has 0 aliphatic carbocycles. The quantitative estimate of drug-likeness (QED) is 0.657. The minimum atomic E-state index is -1.08. The second-order valence-electron chi connectivity index (χ2n) is 4.63. The summed E-state index contributed by atoms with van der Waals surface area (Å²) in [5, 5.41) is 19.5. The molecule has 0 bridgehead atoms. The Bertz CT molecular complexity index is 638. The summed E-state index contributed by atoms with van der Waals surface area (Å²) >= 11 is 0. The summed E-state index contributed by atoms with van der Waals surface area (Å²) in [5.74, 6) is 0.780. The lowest BCUT2D eigenvalue weighted by Gasteiger charge is -2.04. The van der Waals surface area contributed by atoms with Gasteiger partial charge >= 0.3 is 0 Å². The minimum absolute atomic E-state index is 0.00777. The van der Waals surface area contributed by atoms with Gasteiger partial charge in [0.2, 0.25) is 0 Å². The Hall–Kier alpha value is -2.05. The van der Waals surface area contributed by atoms with E-state index in [1.165, 1.54) is 12.1 Å². The van der Waals surface area contributed by atoms with Crippen molar-refractivity contribution in [1.82, 2.24) is 0 Å². The molecule has 0 heterocycles. The number of nitrogens with zero attached hydrogens (tertiary/aromatic N) is 1. The molecular weight excluding hydrogens is 290 g/mol. The number of benzene rings is 2. The van der Waals surface area contributed by atoms with Crippen molar-refractivity contribution in [3.05, 3.63) is 75.3 Å². The second kappa shape index (κ2) is 7.10. The number of aliphatic hydroxyl groups excluding tert-OH is 1. The molecule has 0 amide bonds. The lowest BCUT2D eigenvalue weighted by molar-refractivity contribution is -0.384. The van der Waals surface area contributed by atoms with Crippen LogP contribution in [0.15, 0.2) is 48.5 Å². The van der Waals surface area contributed by atoms with Crippen LogP contribution in [-0.4, -0.2) is 14.2 Å². The van der Waals surface area contributed by atoms with E-state index in [0.717, 1.165) is 16.7 Å². The van der Waals surface area contributed by atoms with Gasteiger partial charge in [0.25, 0.3) is 5.69 Å². The van der Waals surface area contributed by atoms with Gasteiger partial charge in [-0.15, -0.1) is 0 Å². The van der Waals surface area contributed by atoms with Gasteiger partial charge in [0.05, 0.1) is 11.5 Å². The molecule has 2 rings (SSSR count).